The number of amides is 1. The van der Waals surface area contributed by atoms with Crippen molar-refractivity contribution in [2.75, 3.05) is 18.8 Å². The quantitative estimate of drug-likeness (QED) is 0.851. The molecule has 0 aliphatic carbocycles. The number of carbonyl (C=O) groups excluding carboxylic acids is 1. The summed E-state index contributed by atoms with van der Waals surface area (Å²) in [5, 5.41) is 0. The Labute approximate surface area is 103 Å². The van der Waals surface area contributed by atoms with Crippen molar-refractivity contribution in [1.82, 2.24) is 9.88 Å². The number of hydrogen-bond acceptors (Lipinski definition) is 3. The highest BCUT2D eigenvalue weighted by Crippen LogP contribution is 2.09. The molecule has 4 heteroatoms. The molecule has 0 saturated heterocycles. The van der Waals surface area contributed by atoms with Gasteiger partial charge < -0.3 is 10.6 Å². The van der Waals surface area contributed by atoms with Crippen LogP contribution >= 0.6 is 0 Å². The average molecular weight is 235 g/mol. The van der Waals surface area contributed by atoms with Gasteiger partial charge in [0.1, 0.15) is 11.5 Å². The summed E-state index contributed by atoms with van der Waals surface area (Å²) >= 11 is 0. The van der Waals surface area contributed by atoms with Crippen molar-refractivity contribution in [2.24, 2.45) is 5.92 Å². The number of pyridine rings is 1. The van der Waals surface area contributed by atoms with E-state index in [0.29, 0.717) is 24.0 Å². The van der Waals surface area contributed by atoms with Gasteiger partial charge in [-0.05, 0) is 25.0 Å². The van der Waals surface area contributed by atoms with Crippen LogP contribution in [0.1, 0.15) is 37.7 Å². The summed E-state index contributed by atoms with van der Waals surface area (Å²) in [6, 6.07) is 5.15. The average Bonchev–Trinajstić information content (AvgIpc) is 2.34. The van der Waals surface area contributed by atoms with Crippen LogP contribution in [-0.2, 0) is 0 Å². The van der Waals surface area contributed by atoms with Gasteiger partial charge in [0, 0.05) is 13.1 Å². The second kappa shape index (κ2) is 6.23. The van der Waals surface area contributed by atoms with Crippen molar-refractivity contribution in [1.29, 1.82) is 0 Å². The Kier molecular flexibility index (Phi) is 4.94. The van der Waals surface area contributed by atoms with Crippen molar-refractivity contribution in [3.8, 4) is 0 Å². The Balaban J connectivity index is 2.79. The lowest BCUT2D eigenvalue weighted by Gasteiger charge is -2.23. The van der Waals surface area contributed by atoms with Gasteiger partial charge in [0.2, 0.25) is 0 Å². The summed E-state index contributed by atoms with van der Waals surface area (Å²) in [5.41, 5.74) is 6.01. The van der Waals surface area contributed by atoms with E-state index in [9.17, 15) is 4.79 Å². The number of carbonyl (C=O) groups is 1. The minimum absolute atomic E-state index is 0.0416. The first kappa shape index (κ1) is 13.5. The summed E-state index contributed by atoms with van der Waals surface area (Å²) in [5.74, 6) is 0.843. The highest BCUT2D eigenvalue weighted by atomic mass is 16.2. The second-order valence-corrected chi connectivity index (χ2v) is 4.30. The zero-order valence-corrected chi connectivity index (χ0v) is 10.8. The van der Waals surface area contributed by atoms with Gasteiger partial charge in [0.25, 0.3) is 5.91 Å². The van der Waals surface area contributed by atoms with Crippen LogP contribution in [-0.4, -0.2) is 28.9 Å². The third-order valence-corrected chi connectivity index (χ3v) is 2.89. The number of nitrogen functional groups attached to an aromatic ring is 1. The smallest absolute Gasteiger partial charge is 0.272 e. The van der Waals surface area contributed by atoms with Crippen molar-refractivity contribution < 1.29 is 4.79 Å². The molecular weight excluding hydrogens is 214 g/mol. The summed E-state index contributed by atoms with van der Waals surface area (Å²) in [6.45, 7) is 7.71. The van der Waals surface area contributed by atoms with E-state index in [1.807, 2.05) is 11.8 Å². The normalized spacial score (nSPS) is 12.2. The van der Waals surface area contributed by atoms with E-state index in [2.05, 4.69) is 18.8 Å². The van der Waals surface area contributed by atoms with Gasteiger partial charge in [0.05, 0.1) is 0 Å². The Morgan fingerprint density at radius 1 is 1.47 bits per heavy atom. The maximum atomic E-state index is 12.2. The Bertz CT molecular complexity index is 379. The van der Waals surface area contributed by atoms with Crippen LogP contribution in [0.2, 0.25) is 0 Å². The third-order valence-electron chi connectivity index (χ3n) is 2.89. The predicted octanol–water partition coefficient (Wildman–Crippen LogP) is 2.17. The third kappa shape index (κ3) is 3.73. The molecule has 1 aromatic heterocycles. The molecule has 17 heavy (non-hydrogen) atoms. The summed E-state index contributed by atoms with van der Waals surface area (Å²) in [4.78, 5) is 18.1. The number of nitrogens with zero attached hydrogens (tertiary/aromatic N) is 2. The van der Waals surface area contributed by atoms with Crippen LogP contribution in [0.25, 0.3) is 0 Å². The molecular formula is C13H21N3O. The topological polar surface area (TPSA) is 59.2 Å². The van der Waals surface area contributed by atoms with Crippen molar-refractivity contribution in [2.45, 2.75) is 27.2 Å². The maximum Gasteiger partial charge on any atom is 0.272 e. The van der Waals surface area contributed by atoms with E-state index in [-0.39, 0.29) is 5.91 Å². The summed E-state index contributed by atoms with van der Waals surface area (Å²) in [7, 11) is 0. The fourth-order valence-electron chi connectivity index (χ4n) is 1.59. The Morgan fingerprint density at radius 2 is 2.18 bits per heavy atom. The standard InChI is InChI=1S/C13H21N3O/c1-4-10(3)9-16(5-2)13(17)11-7-6-8-12(14)15-11/h6-8,10H,4-5,9H2,1-3H3,(H2,14,15). The summed E-state index contributed by atoms with van der Waals surface area (Å²) < 4.78 is 0. The van der Waals surface area contributed by atoms with Crippen molar-refractivity contribution in [3.63, 3.8) is 0 Å². The van der Waals surface area contributed by atoms with Gasteiger partial charge in [-0.25, -0.2) is 4.98 Å². The first-order chi connectivity index (χ1) is 8.08. The molecule has 0 aliphatic rings. The van der Waals surface area contributed by atoms with Gasteiger partial charge in [-0.1, -0.05) is 26.3 Å². The Hall–Kier alpha value is -1.58. The second-order valence-electron chi connectivity index (χ2n) is 4.30. The highest BCUT2D eigenvalue weighted by Gasteiger charge is 2.17. The molecule has 1 amide bonds. The molecule has 0 aromatic carbocycles. The van der Waals surface area contributed by atoms with Crippen LogP contribution in [0.3, 0.4) is 0 Å². The van der Waals surface area contributed by atoms with E-state index in [1.54, 1.807) is 18.2 Å². The number of nitrogens with two attached hydrogens (primary N) is 1. The zero-order valence-electron chi connectivity index (χ0n) is 10.8. The van der Waals surface area contributed by atoms with Crippen LogP contribution in [0.5, 0.6) is 0 Å². The van der Waals surface area contributed by atoms with E-state index in [1.165, 1.54) is 0 Å². The number of anilines is 1. The first-order valence-electron chi connectivity index (χ1n) is 6.10. The van der Waals surface area contributed by atoms with Crippen LogP contribution in [0, 0.1) is 5.92 Å². The molecule has 0 saturated carbocycles. The van der Waals surface area contributed by atoms with Crippen molar-refractivity contribution >= 4 is 11.7 Å². The van der Waals surface area contributed by atoms with Gasteiger partial charge in [0.15, 0.2) is 0 Å². The fourth-order valence-corrected chi connectivity index (χ4v) is 1.59. The van der Waals surface area contributed by atoms with Crippen LogP contribution < -0.4 is 5.73 Å². The van der Waals surface area contributed by atoms with Gasteiger partial charge in [-0.2, -0.15) is 0 Å². The first-order valence-corrected chi connectivity index (χ1v) is 6.10. The molecule has 1 atom stereocenters. The number of hydrogen-bond donors (Lipinski definition) is 1. The fraction of sp³-hybridized carbons (Fsp3) is 0.538. The molecule has 0 bridgehead atoms. The van der Waals surface area contributed by atoms with E-state index < -0.39 is 0 Å². The highest BCUT2D eigenvalue weighted by molar-refractivity contribution is 5.92. The minimum atomic E-state index is -0.0416. The van der Waals surface area contributed by atoms with Crippen molar-refractivity contribution in [3.05, 3.63) is 23.9 Å². The molecule has 1 rings (SSSR count). The maximum absolute atomic E-state index is 12.2. The molecule has 4 nitrogen and oxygen atoms in total. The molecule has 1 unspecified atom stereocenters. The van der Waals surface area contributed by atoms with Gasteiger partial charge in [-0.15, -0.1) is 0 Å². The van der Waals surface area contributed by atoms with E-state index in [0.717, 1.165) is 13.0 Å². The largest absolute Gasteiger partial charge is 0.384 e. The zero-order chi connectivity index (χ0) is 12.8. The summed E-state index contributed by atoms with van der Waals surface area (Å²) in [6.07, 6.45) is 1.06. The Morgan fingerprint density at radius 3 is 2.71 bits per heavy atom. The van der Waals surface area contributed by atoms with Gasteiger partial charge >= 0.3 is 0 Å². The number of aromatic nitrogens is 1. The predicted molar refractivity (Wildman–Crippen MR) is 69.7 cm³/mol. The molecule has 0 radical (unpaired) electrons. The molecule has 1 heterocycles. The lowest BCUT2D eigenvalue weighted by molar-refractivity contribution is 0.0735. The monoisotopic (exact) mass is 235 g/mol. The molecule has 2 N–H and O–H groups in total. The van der Waals surface area contributed by atoms with E-state index in [4.69, 9.17) is 5.73 Å². The van der Waals surface area contributed by atoms with E-state index >= 15 is 0 Å². The number of rotatable bonds is 5. The molecule has 0 aliphatic heterocycles. The minimum Gasteiger partial charge on any atom is -0.384 e. The molecule has 0 fully saturated rings. The lowest BCUT2D eigenvalue weighted by atomic mass is 10.1. The molecule has 0 spiro atoms. The SMILES string of the molecule is CCC(C)CN(CC)C(=O)c1cccc(N)n1. The molecule has 94 valence electrons. The van der Waals surface area contributed by atoms with Gasteiger partial charge in [-0.3, -0.25) is 4.79 Å². The lowest BCUT2D eigenvalue weighted by Crippen LogP contribution is -2.35. The van der Waals surface area contributed by atoms with Crippen LogP contribution in [0.4, 0.5) is 5.82 Å². The van der Waals surface area contributed by atoms with Crippen LogP contribution in [0.15, 0.2) is 18.2 Å². The molecule has 1 aromatic rings.